The maximum atomic E-state index is 2.19. The Labute approximate surface area is 100 Å². The minimum Gasteiger partial charge on any atom is -0.133 e. The van der Waals surface area contributed by atoms with E-state index in [0.29, 0.717) is 0 Å². The third kappa shape index (κ3) is 2.79. The van der Waals surface area contributed by atoms with E-state index >= 15 is 0 Å². The van der Waals surface area contributed by atoms with Crippen LogP contribution in [-0.2, 0) is 0 Å². The molecule has 0 N–H and O–H groups in total. The molecule has 74 valence electrons. The number of hydrogen-bond donors (Lipinski definition) is 0. The summed E-state index contributed by atoms with van der Waals surface area (Å²) >= 11 is 3.72. The first-order valence-corrected chi connectivity index (χ1v) is 8.00. The maximum Gasteiger partial charge on any atom is 0.0712 e. The molecule has 0 saturated carbocycles. The van der Waals surface area contributed by atoms with Gasteiger partial charge in [-0.15, -0.1) is 22.7 Å². The molecular weight excluding hydrogens is 248 g/mol. The molecule has 2 rings (SSSR count). The molecular formula is C10H10S4. The standard InChI is InChI=1S/C10H10S4/c1-7-3-5-9(11-7)13-14-10-6-4-8(2)12-10/h3-6H,1-2H3. The van der Waals surface area contributed by atoms with Gasteiger partial charge in [-0.3, -0.25) is 0 Å². The van der Waals surface area contributed by atoms with Gasteiger partial charge in [-0.1, -0.05) is 0 Å². The van der Waals surface area contributed by atoms with Crippen molar-refractivity contribution in [2.45, 2.75) is 22.3 Å². The van der Waals surface area contributed by atoms with Gasteiger partial charge >= 0.3 is 0 Å². The van der Waals surface area contributed by atoms with Crippen molar-refractivity contribution >= 4 is 44.3 Å². The highest BCUT2D eigenvalue weighted by atomic mass is 33.1. The molecule has 14 heavy (non-hydrogen) atoms. The summed E-state index contributed by atoms with van der Waals surface area (Å²) in [5.41, 5.74) is 0. The van der Waals surface area contributed by atoms with Crippen LogP contribution in [0.5, 0.6) is 0 Å². The largest absolute Gasteiger partial charge is 0.133 e. The molecule has 0 saturated heterocycles. The number of thiophene rings is 2. The first-order valence-electron chi connectivity index (χ1n) is 4.21. The zero-order valence-corrected chi connectivity index (χ0v) is 11.2. The van der Waals surface area contributed by atoms with Gasteiger partial charge in [-0.2, -0.15) is 0 Å². The second-order valence-electron chi connectivity index (χ2n) is 2.90. The molecule has 0 spiro atoms. The van der Waals surface area contributed by atoms with Crippen molar-refractivity contribution in [3.63, 3.8) is 0 Å². The van der Waals surface area contributed by atoms with E-state index < -0.39 is 0 Å². The summed E-state index contributed by atoms with van der Waals surface area (Å²) in [6.45, 7) is 4.30. The van der Waals surface area contributed by atoms with Crippen molar-refractivity contribution in [2.75, 3.05) is 0 Å². The van der Waals surface area contributed by atoms with Crippen LogP contribution in [0.1, 0.15) is 9.75 Å². The van der Waals surface area contributed by atoms with Gasteiger partial charge in [-0.25, -0.2) is 0 Å². The van der Waals surface area contributed by atoms with E-state index in [4.69, 9.17) is 0 Å². The predicted octanol–water partition coefficient (Wildman–Crippen LogP) is 5.23. The van der Waals surface area contributed by atoms with E-state index in [1.165, 1.54) is 18.2 Å². The van der Waals surface area contributed by atoms with Crippen molar-refractivity contribution < 1.29 is 0 Å². The maximum absolute atomic E-state index is 2.19. The van der Waals surface area contributed by atoms with Crippen molar-refractivity contribution in [2.24, 2.45) is 0 Å². The van der Waals surface area contributed by atoms with Gasteiger partial charge in [0, 0.05) is 9.75 Å². The quantitative estimate of drug-likeness (QED) is 0.692. The molecule has 0 aliphatic heterocycles. The Balaban J connectivity index is 1.94. The van der Waals surface area contributed by atoms with Crippen LogP contribution in [0.4, 0.5) is 0 Å². The fourth-order valence-electron chi connectivity index (χ4n) is 0.996. The van der Waals surface area contributed by atoms with Gasteiger partial charge in [-0.05, 0) is 59.7 Å². The fourth-order valence-corrected chi connectivity index (χ4v) is 5.70. The summed E-state index contributed by atoms with van der Waals surface area (Å²) in [6, 6.07) is 8.73. The van der Waals surface area contributed by atoms with Crippen molar-refractivity contribution in [3.05, 3.63) is 34.0 Å². The Morgan fingerprint density at radius 1 is 0.786 bits per heavy atom. The van der Waals surface area contributed by atoms with Crippen LogP contribution in [0.2, 0.25) is 0 Å². The van der Waals surface area contributed by atoms with Gasteiger partial charge in [0.25, 0.3) is 0 Å². The number of hydrogen-bond acceptors (Lipinski definition) is 4. The monoisotopic (exact) mass is 258 g/mol. The third-order valence-corrected chi connectivity index (χ3v) is 6.87. The minimum atomic E-state index is 1.38. The first-order chi connectivity index (χ1) is 6.74. The molecule has 2 aromatic heterocycles. The molecule has 2 heterocycles. The molecule has 0 amide bonds. The Kier molecular flexibility index (Phi) is 3.60. The zero-order valence-electron chi connectivity index (χ0n) is 7.94. The second kappa shape index (κ2) is 4.75. The Morgan fingerprint density at radius 3 is 1.50 bits per heavy atom. The molecule has 0 unspecified atom stereocenters. The summed E-state index contributed by atoms with van der Waals surface area (Å²) in [6.07, 6.45) is 0. The molecule has 0 atom stereocenters. The molecule has 0 fully saturated rings. The lowest BCUT2D eigenvalue weighted by atomic mass is 10.5. The van der Waals surface area contributed by atoms with E-state index in [2.05, 4.69) is 38.1 Å². The minimum absolute atomic E-state index is 1.38. The second-order valence-corrected chi connectivity index (χ2v) is 8.20. The van der Waals surface area contributed by atoms with Crippen LogP contribution in [-0.4, -0.2) is 0 Å². The van der Waals surface area contributed by atoms with Crippen LogP contribution < -0.4 is 0 Å². The van der Waals surface area contributed by atoms with Crippen LogP contribution in [0.15, 0.2) is 32.7 Å². The summed E-state index contributed by atoms with van der Waals surface area (Å²) in [5, 5.41) is 0. The summed E-state index contributed by atoms with van der Waals surface area (Å²) < 4.78 is 2.78. The Hall–Kier alpha value is 0.1000. The van der Waals surface area contributed by atoms with Crippen molar-refractivity contribution in [3.8, 4) is 0 Å². The van der Waals surface area contributed by atoms with E-state index in [1.54, 1.807) is 0 Å². The van der Waals surface area contributed by atoms with Crippen LogP contribution in [0.25, 0.3) is 0 Å². The van der Waals surface area contributed by atoms with E-state index in [9.17, 15) is 0 Å². The smallest absolute Gasteiger partial charge is 0.0712 e. The zero-order chi connectivity index (χ0) is 9.97. The molecule has 0 aliphatic rings. The summed E-state index contributed by atoms with van der Waals surface area (Å²) in [4.78, 5) is 2.77. The molecule has 0 aromatic carbocycles. The summed E-state index contributed by atoms with van der Waals surface area (Å²) in [5.74, 6) is 0. The Bertz CT molecular complexity index is 373. The topological polar surface area (TPSA) is 0 Å². The lowest BCUT2D eigenvalue weighted by Crippen LogP contribution is -1.52. The van der Waals surface area contributed by atoms with Gasteiger partial charge in [0.05, 0.1) is 8.42 Å². The average Bonchev–Trinajstić information content (AvgIpc) is 2.72. The van der Waals surface area contributed by atoms with Crippen LogP contribution in [0, 0.1) is 13.8 Å². The lowest BCUT2D eigenvalue weighted by molar-refractivity contribution is 1.63. The van der Waals surface area contributed by atoms with Crippen LogP contribution in [0.3, 0.4) is 0 Å². The van der Waals surface area contributed by atoms with Gasteiger partial charge in [0.2, 0.25) is 0 Å². The van der Waals surface area contributed by atoms with Crippen molar-refractivity contribution in [1.29, 1.82) is 0 Å². The molecule has 0 bridgehead atoms. The third-order valence-electron chi connectivity index (χ3n) is 1.64. The highest BCUT2D eigenvalue weighted by molar-refractivity contribution is 8.77. The van der Waals surface area contributed by atoms with Gasteiger partial charge < -0.3 is 0 Å². The van der Waals surface area contributed by atoms with Crippen molar-refractivity contribution in [1.82, 2.24) is 0 Å². The molecule has 0 radical (unpaired) electrons. The van der Waals surface area contributed by atoms with E-state index in [1.807, 2.05) is 44.3 Å². The molecule has 2 aromatic rings. The molecule has 4 heteroatoms. The van der Waals surface area contributed by atoms with Gasteiger partial charge in [0.15, 0.2) is 0 Å². The predicted molar refractivity (Wildman–Crippen MR) is 69.8 cm³/mol. The fraction of sp³-hybridized carbons (Fsp3) is 0.200. The average molecular weight is 258 g/mol. The highest BCUT2D eigenvalue weighted by Crippen LogP contribution is 2.42. The Morgan fingerprint density at radius 2 is 1.21 bits per heavy atom. The first kappa shape index (κ1) is 10.6. The summed E-state index contributed by atoms with van der Waals surface area (Å²) in [7, 11) is 3.71. The van der Waals surface area contributed by atoms with E-state index in [-0.39, 0.29) is 0 Å². The SMILES string of the molecule is Cc1ccc(SSc2ccc(C)s2)s1. The number of aryl methyl sites for hydroxylation is 2. The highest BCUT2D eigenvalue weighted by Gasteiger charge is 2.01. The van der Waals surface area contributed by atoms with Crippen LogP contribution >= 0.6 is 44.3 Å². The van der Waals surface area contributed by atoms with Gasteiger partial charge in [0.1, 0.15) is 0 Å². The number of rotatable bonds is 3. The normalized spacial score (nSPS) is 10.7. The van der Waals surface area contributed by atoms with E-state index in [0.717, 1.165) is 0 Å². The lowest BCUT2D eigenvalue weighted by Gasteiger charge is -1.92. The molecule has 0 nitrogen and oxygen atoms in total. The molecule has 0 aliphatic carbocycles.